The molecule has 2 N–H and O–H groups in total. The second-order valence-electron chi connectivity index (χ2n) is 5.40. The Bertz CT molecular complexity index is 1050. The minimum Gasteiger partial charge on any atom is -0.321 e. The molecule has 3 aromatic rings. The van der Waals surface area contributed by atoms with Gasteiger partial charge in [-0.25, -0.2) is 4.79 Å². The Morgan fingerprint density at radius 3 is 2.79 bits per heavy atom. The van der Waals surface area contributed by atoms with Gasteiger partial charge in [-0.15, -0.1) is 0 Å². The average molecular weight is 324 g/mol. The molecule has 1 aromatic carbocycles. The Morgan fingerprint density at radius 2 is 2.04 bits per heavy atom. The Morgan fingerprint density at radius 1 is 1.29 bits per heavy atom. The van der Waals surface area contributed by atoms with Crippen molar-refractivity contribution in [2.75, 3.05) is 5.32 Å². The number of rotatable bonds is 3. The Balaban J connectivity index is 2.07. The third-order valence-electron chi connectivity index (χ3n) is 3.73. The van der Waals surface area contributed by atoms with Crippen molar-refractivity contribution >= 4 is 22.5 Å². The predicted octanol–water partition coefficient (Wildman–Crippen LogP) is 1.44. The van der Waals surface area contributed by atoms with Crippen LogP contribution in [0.25, 0.3) is 10.9 Å². The van der Waals surface area contributed by atoms with Crippen LogP contribution in [0.15, 0.2) is 46.1 Å². The lowest BCUT2D eigenvalue weighted by Crippen LogP contribution is -2.33. The molecule has 7 heteroatoms. The molecule has 1 amide bonds. The van der Waals surface area contributed by atoms with Crippen LogP contribution >= 0.6 is 0 Å². The summed E-state index contributed by atoms with van der Waals surface area (Å²) in [7, 11) is 1.46. The second-order valence-corrected chi connectivity index (χ2v) is 5.40. The highest BCUT2D eigenvalue weighted by Gasteiger charge is 2.14. The summed E-state index contributed by atoms with van der Waals surface area (Å²) in [4.78, 5) is 42.4. The van der Waals surface area contributed by atoms with Gasteiger partial charge in [-0.1, -0.05) is 25.1 Å². The van der Waals surface area contributed by atoms with E-state index in [4.69, 9.17) is 0 Å². The third kappa shape index (κ3) is 2.83. The van der Waals surface area contributed by atoms with E-state index in [-0.39, 0.29) is 5.56 Å². The number of H-pyrrole nitrogens is 1. The van der Waals surface area contributed by atoms with Crippen molar-refractivity contribution in [1.29, 1.82) is 0 Å². The zero-order valence-corrected chi connectivity index (χ0v) is 13.3. The van der Waals surface area contributed by atoms with Crippen LogP contribution in [0, 0.1) is 0 Å². The lowest BCUT2D eigenvalue weighted by molar-refractivity contribution is 0.102. The predicted molar refractivity (Wildman–Crippen MR) is 91.4 cm³/mol. The zero-order chi connectivity index (χ0) is 17.3. The minimum absolute atomic E-state index is 0.129. The number of nitrogens with one attached hydrogen (secondary N) is 2. The second kappa shape index (κ2) is 6.11. The van der Waals surface area contributed by atoms with Crippen molar-refractivity contribution in [3.8, 4) is 0 Å². The topological polar surface area (TPSA) is 96.9 Å². The van der Waals surface area contributed by atoms with Crippen molar-refractivity contribution in [3.05, 3.63) is 68.6 Å². The summed E-state index contributed by atoms with van der Waals surface area (Å²) in [6.45, 7) is 1.97. The highest BCUT2D eigenvalue weighted by molar-refractivity contribution is 6.08. The molecule has 7 nitrogen and oxygen atoms in total. The van der Waals surface area contributed by atoms with Gasteiger partial charge in [0.2, 0.25) is 0 Å². The van der Waals surface area contributed by atoms with E-state index in [1.54, 1.807) is 6.07 Å². The molecular formula is C17H16N4O3. The number of aromatic amines is 1. The molecule has 24 heavy (non-hydrogen) atoms. The molecule has 2 aromatic heterocycles. The van der Waals surface area contributed by atoms with Gasteiger partial charge in [0.1, 0.15) is 5.56 Å². The lowest BCUT2D eigenvalue weighted by Gasteiger charge is -2.10. The van der Waals surface area contributed by atoms with Gasteiger partial charge < -0.3 is 9.88 Å². The number of aryl methyl sites for hydroxylation is 2. The smallest absolute Gasteiger partial charge is 0.321 e. The highest BCUT2D eigenvalue weighted by atomic mass is 16.2. The summed E-state index contributed by atoms with van der Waals surface area (Å²) in [6, 6.07) is 9.23. The number of para-hydroxylation sites is 1. The fraction of sp³-hybridized carbons (Fsp3) is 0.176. The fourth-order valence-corrected chi connectivity index (χ4v) is 2.43. The standard InChI is InChI=1S/C17H16N4O3/c1-3-10-8-14(11-6-4-5-7-13(11)18-10)19-15(22)12-9-21(2)17(24)20-16(12)23/h4-9H,3H2,1-2H3,(H,18,19,22)(H,20,23,24). The first kappa shape index (κ1) is 15.7. The van der Waals surface area contributed by atoms with E-state index in [9.17, 15) is 14.4 Å². The van der Waals surface area contributed by atoms with Crippen LogP contribution in [0.3, 0.4) is 0 Å². The molecule has 0 saturated carbocycles. The van der Waals surface area contributed by atoms with Crippen molar-refractivity contribution in [1.82, 2.24) is 14.5 Å². The van der Waals surface area contributed by atoms with Crippen molar-refractivity contribution < 1.29 is 4.79 Å². The van der Waals surface area contributed by atoms with Crippen molar-refractivity contribution in [2.45, 2.75) is 13.3 Å². The van der Waals surface area contributed by atoms with Crippen LogP contribution < -0.4 is 16.6 Å². The van der Waals surface area contributed by atoms with Crippen LogP contribution in [0.2, 0.25) is 0 Å². The maximum atomic E-state index is 12.5. The van der Waals surface area contributed by atoms with Crippen LogP contribution in [-0.2, 0) is 13.5 Å². The molecule has 2 heterocycles. The Kier molecular flexibility index (Phi) is 3.99. The van der Waals surface area contributed by atoms with E-state index in [1.807, 2.05) is 31.2 Å². The molecule has 0 aliphatic heterocycles. The molecule has 0 atom stereocenters. The zero-order valence-electron chi connectivity index (χ0n) is 13.3. The molecule has 3 rings (SSSR count). The number of amides is 1. The first-order chi connectivity index (χ1) is 11.5. The molecule has 0 bridgehead atoms. The van der Waals surface area contributed by atoms with Crippen molar-refractivity contribution in [2.24, 2.45) is 7.05 Å². The van der Waals surface area contributed by atoms with E-state index in [0.717, 1.165) is 21.2 Å². The first-order valence-electron chi connectivity index (χ1n) is 7.49. The fourth-order valence-electron chi connectivity index (χ4n) is 2.43. The molecule has 0 fully saturated rings. The number of hydrogen-bond acceptors (Lipinski definition) is 4. The highest BCUT2D eigenvalue weighted by Crippen LogP contribution is 2.23. The van der Waals surface area contributed by atoms with Gasteiger partial charge in [-0.2, -0.15) is 0 Å². The number of carbonyl (C=O) groups is 1. The van der Waals surface area contributed by atoms with E-state index in [1.165, 1.54) is 13.2 Å². The number of aromatic nitrogens is 3. The molecule has 0 unspecified atom stereocenters. The van der Waals surface area contributed by atoms with Gasteiger partial charge >= 0.3 is 5.69 Å². The number of pyridine rings is 1. The molecular weight excluding hydrogens is 308 g/mol. The Labute approximate surface area is 137 Å². The number of fused-ring (bicyclic) bond motifs is 1. The van der Waals surface area contributed by atoms with Gasteiger partial charge in [0.25, 0.3) is 11.5 Å². The molecule has 0 aliphatic carbocycles. The maximum absolute atomic E-state index is 12.5. The van der Waals surface area contributed by atoms with Gasteiger partial charge in [0.05, 0.1) is 11.2 Å². The molecule has 0 radical (unpaired) electrons. The summed E-state index contributed by atoms with van der Waals surface area (Å²) < 4.78 is 1.15. The summed E-state index contributed by atoms with van der Waals surface area (Å²) in [5.41, 5.74) is 0.760. The summed E-state index contributed by atoms with van der Waals surface area (Å²) in [5, 5.41) is 3.53. The van der Waals surface area contributed by atoms with Crippen LogP contribution in [0.1, 0.15) is 23.0 Å². The number of benzene rings is 1. The number of nitrogens with zero attached hydrogens (tertiary/aromatic N) is 2. The summed E-state index contributed by atoms with van der Waals surface area (Å²) in [6.07, 6.45) is 1.94. The Hall–Kier alpha value is -3.22. The van der Waals surface area contributed by atoms with E-state index >= 15 is 0 Å². The van der Waals surface area contributed by atoms with Crippen molar-refractivity contribution in [3.63, 3.8) is 0 Å². The molecule has 0 aliphatic rings. The third-order valence-corrected chi connectivity index (χ3v) is 3.73. The number of carbonyl (C=O) groups excluding carboxylic acids is 1. The molecule has 0 saturated heterocycles. The van der Waals surface area contributed by atoms with Gasteiger partial charge in [-0.05, 0) is 18.6 Å². The normalized spacial score (nSPS) is 10.8. The minimum atomic E-state index is -0.718. The van der Waals surface area contributed by atoms with Gasteiger partial charge in [-0.3, -0.25) is 19.6 Å². The molecule has 122 valence electrons. The van der Waals surface area contributed by atoms with Gasteiger partial charge in [0.15, 0.2) is 0 Å². The lowest BCUT2D eigenvalue weighted by atomic mass is 10.1. The van der Waals surface area contributed by atoms with Gasteiger partial charge in [0, 0.05) is 24.3 Å². The first-order valence-corrected chi connectivity index (χ1v) is 7.49. The van der Waals surface area contributed by atoms with E-state index in [0.29, 0.717) is 12.1 Å². The van der Waals surface area contributed by atoms with Crippen LogP contribution in [0.4, 0.5) is 5.69 Å². The largest absolute Gasteiger partial charge is 0.328 e. The summed E-state index contributed by atoms with van der Waals surface area (Å²) >= 11 is 0. The van der Waals surface area contributed by atoms with Crippen LogP contribution in [0.5, 0.6) is 0 Å². The number of anilines is 1. The monoisotopic (exact) mass is 324 g/mol. The quantitative estimate of drug-likeness (QED) is 0.762. The average Bonchev–Trinajstić information content (AvgIpc) is 2.57. The number of hydrogen-bond donors (Lipinski definition) is 2. The summed E-state index contributed by atoms with van der Waals surface area (Å²) in [5.74, 6) is -0.578. The van der Waals surface area contributed by atoms with E-state index in [2.05, 4.69) is 15.3 Å². The van der Waals surface area contributed by atoms with Crippen LogP contribution in [-0.4, -0.2) is 20.4 Å². The van der Waals surface area contributed by atoms with E-state index < -0.39 is 17.2 Å². The molecule has 0 spiro atoms. The SMILES string of the molecule is CCc1cc(NC(=O)c2cn(C)c(=O)[nH]c2=O)c2ccccc2n1. The maximum Gasteiger partial charge on any atom is 0.328 e.